The predicted molar refractivity (Wildman–Crippen MR) is 269 cm³/mol. The van der Waals surface area contributed by atoms with Crippen molar-refractivity contribution < 1.29 is 0 Å². The van der Waals surface area contributed by atoms with Crippen molar-refractivity contribution in [2.24, 2.45) is 0 Å². The van der Waals surface area contributed by atoms with Crippen molar-refractivity contribution in [1.82, 2.24) is 9.97 Å². The molecule has 0 N–H and O–H groups in total. The van der Waals surface area contributed by atoms with Gasteiger partial charge in [-0.05, 0) is 86.4 Å². The van der Waals surface area contributed by atoms with Crippen LogP contribution < -0.4 is 0 Å². The summed E-state index contributed by atoms with van der Waals surface area (Å²) in [7, 11) is -0.921. The molecule has 296 valence electrons. The van der Waals surface area contributed by atoms with Crippen LogP contribution in [0.25, 0.3) is 103 Å². The molecule has 0 saturated carbocycles. The largest absolute Gasteiger partial charge is 0.247 e. The molecular formula is C60H41N2P. The summed E-state index contributed by atoms with van der Waals surface area (Å²) in [5.41, 5.74) is 11.2. The number of pyridine rings is 2. The average molecular weight is 821 g/mol. The molecule has 63 heavy (non-hydrogen) atoms. The number of nitrogens with zero attached hydrogens (tertiary/aromatic N) is 2. The highest BCUT2D eigenvalue weighted by atomic mass is 31.1. The van der Waals surface area contributed by atoms with E-state index in [0.717, 1.165) is 47.2 Å². The van der Waals surface area contributed by atoms with Crippen LogP contribution in [0.4, 0.5) is 0 Å². The summed E-state index contributed by atoms with van der Waals surface area (Å²) in [6.07, 6.45) is 3.08. The summed E-state index contributed by atoms with van der Waals surface area (Å²) in [4.78, 5) is 11.0. The zero-order valence-corrected chi connectivity index (χ0v) is 35.6. The SMILES string of the molecule is c1ccc(-c2c3c(c(-c4nc5ccccc5c5c4ccc4ccccc45)p2-c2ccccc2)CCC(c2ccc(-c4nc5ccccc5c5c4ccc4ccccc45)cc2)C3)cc1. The number of para-hydroxylation sites is 2. The van der Waals surface area contributed by atoms with Crippen LogP contribution in [0.1, 0.15) is 29.0 Å². The lowest BCUT2D eigenvalue weighted by molar-refractivity contribution is 0.589. The zero-order chi connectivity index (χ0) is 41.4. The first-order valence-electron chi connectivity index (χ1n) is 22.2. The fourth-order valence-corrected chi connectivity index (χ4v) is 13.9. The lowest BCUT2D eigenvalue weighted by Gasteiger charge is -2.25. The minimum atomic E-state index is -0.921. The molecule has 0 fully saturated rings. The van der Waals surface area contributed by atoms with Crippen molar-refractivity contribution >= 4 is 72.4 Å². The van der Waals surface area contributed by atoms with Gasteiger partial charge in [-0.25, -0.2) is 9.97 Å². The van der Waals surface area contributed by atoms with E-state index in [0.29, 0.717) is 5.92 Å². The van der Waals surface area contributed by atoms with Crippen LogP contribution in [0.2, 0.25) is 0 Å². The van der Waals surface area contributed by atoms with Gasteiger partial charge in [0.2, 0.25) is 0 Å². The Morgan fingerprint density at radius 2 is 0.905 bits per heavy atom. The quantitative estimate of drug-likeness (QED) is 0.162. The van der Waals surface area contributed by atoms with Gasteiger partial charge in [-0.2, -0.15) is 0 Å². The Morgan fingerprint density at radius 3 is 1.54 bits per heavy atom. The van der Waals surface area contributed by atoms with Crippen LogP contribution in [0.5, 0.6) is 0 Å². The molecule has 3 aromatic heterocycles. The first-order valence-corrected chi connectivity index (χ1v) is 23.5. The maximum absolute atomic E-state index is 5.69. The Labute approximate surface area is 367 Å². The van der Waals surface area contributed by atoms with Gasteiger partial charge in [0, 0.05) is 48.5 Å². The minimum Gasteiger partial charge on any atom is -0.247 e. The zero-order valence-electron chi connectivity index (χ0n) is 34.7. The van der Waals surface area contributed by atoms with Crippen molar-refractivity contribution in [1.29, 1.82) is 0 Å². The first kappa shape index (κ1) is 36.3. The van der Waals surface area contributed by atoms with Gasteiger partial charge in [0.15, 0.2) is 0 Å². The van der Waals surface area contributed by atoms with E-state index < -0.39 is 7.53 Å². The molecule has 0 radical (unpaired) electrons. The monoisotopic (exact) mass is 820 g/mol. The summed E-state index contributed by atoms with van der Waals surface area (Å²) in [5, 5.41) is 16.8. The molecule has 9 aromatic carbocycles. The van der Waals surface area contributed by atoms with Gasteiger partial charge in [-0.15, -0.1) is 0 Å². The van der Waals surface area contributed by atoms with Gasteiger partial charge >= 0.3 is 0 Å². The number of rotatable bonds is 5. The number of fused-ring (bicyclic) bond motifs is 11. The van der Waals surface area contributed by atoms with Gasteiger partial charge < -0.3 is 0 Å². The fraction of sp³-hybridized carbons (Fsp3) is 0.0667. The number of hydrogen-bond donors (Lipinski definition) is 0. The van der Waals surface area contributed by atoms with Crippen LogP contribution in [0.3, 0.4) is 0 Å². The van der Waals surface area contributed by atoms with E-state index in [1.165, 1.54) is 92.0 Å². The summed E-state index contributed by atoms with van der Waals surface area (Å²) in [6, 6.07) is 76.0. The molecule has 0 spiro atoms. The lowest BCUT2D eigenvalue weighted by atomic mass is 9.79. The molecule has 13 rings (SSSR count). The topological polar surface area (TPSA) is 25.8 Å². The molecule has 0 bridgehead atoms. The van der Waals surface area contributed by atoms with Gasteiger partial charge in [0.1, 0.15) is 0 Å². The molecule has 0 saturated heterocycles. The van der Waals surface area contributed by atoms with Crippen molar-refractivity contribution in [3.63, 3.8) is 0 Å². The molecule has 2 unspecified atom stereocenters. The van der Waals surface area contributed by atoms with E-state index in [4.69, 9.17) is 9.97 Å². The van der Waals surface area contributed by atoms with Crippen molar-refractivity contribution in [3.8, 4) is 38.4 Å². The van der Waals surface area contributed by atoms with Crippen molar-refractivity contribution in [3.05, 3.63) is 223 Å². The predicted octanol–water partition coefficient (Wildman–Crippen LogP) is 16.6. The Kier molecular flexibility index (Phi) is 8.42. The third-order valence-electron chi connectivity index (χ3n) is 13.7. The van der Waals surface area contributed by atoms with E-state index in [1.54, 1.807) is 0 Å². The van der Waals surface area contributed by atoms with Crippen LogP contribution in [0, 0.1) is 0 Å². The van der Waals surface area contributed by atoms with E-state index >= 15 is 0 Å². The summed E-state index contributed by atoms with van der Waals surface area (Å²) in [6.45, 7) is 0. The number of hydrogen-bond acceptors (Lipinski definition) is 2. The second-order valence-electron chi connectivity index (χ2n) is 17.1. The highest BCUT2D eigenvalue weighted by Crippen LogP contribution is 2.63. The van der Waals surface area contributed by atoms with Crippen LogP contribution in [-0.4, -0.2) is 9.97 Å². The number of aromatic nitrogens is 2. The third-order valence-corrected chi connectivity index (χ3v) is 16.4. The summed E-state index contributed by atoms with van der Waals surface area (Å²) < 4.78 is 0. The number of benzene rings is 9. The van der Waals surface area contributed by atoms with E-state index in [1.807, 2.05) is 0 Å². The molecule has 3 heterocycles. The molecule has 3 heteroatoms. The van der Waals surface area contributed by atoms with Crippen LogP contribution in [0.15, 0.2) is 206 Å². The minimum absolute atomic E-state index is 0.388. The lowest BCUT2D eigenvalue weighted by Crippen LogP contribution is -2.12. The molecule has 2 nitrogen and oxygen atoms in total. The summed E-state index contributed by atoms with van der Waals surface area (Å²) in [5.74, 6) is 0.388. The standard InChI is InChI=1S/C60H41N2P/c1-3-17-42(18-4-1)59-52-37-43(38-27-29-41(30-28-38)57-50-35-31-39-15-7-9-21-45(39)55(50)48-23-11-13-25-53(48)61-57)33-34-47(52)60(63(59)44-19-5-2-6-20-44)58-51-36-32-40-16-8-10-22-46(40)56(51)49-24-12-14-26-54(49)62-58/h1-32,35-36,43H,33-34,37H2. The fourth-order valence-electron chi connectivity index (χ4n) is 10.8. The molecular weight excluding hydrogens is 780 g/mol. The molecule has 12 aromatic rings. The second kappa shape index (κ2) is 14.6. The normalized spacial score (nSPS) is 14.3. The average Bonchev–Trinajstić information content (AvgIpc) is 3.70. The summed E-state index contributed by atoms with van der Waals surface area (Å²) >= 11 is 0. The van der Waals surface area contributed by atoms with Crippen LogP contribution in [-0.2, 0) is 12.8 Å². The second-order valence-corrected chi connectivity index (χ2v) is 19.2. The van der Waals surface area contributed by atoms with Gasteiger partial charge in [0.25, 0.3) is 0 Å². The van der Waals surface area contributed by atoms with E-state index in [9.17, 15) is 0 Å². The van der Waals surface area contributed by atoms with E-state index in [-0.39, 0.29) is 0 Å². The Balaban J connectivity index is 0.995. The van der Waals surface area contributed by atoms with Crippen molar-refractivity contribution in [2.45, 2.75) is 25.2 Å². The van der Waals surface area contributed by atoms with Crippen molar-refractivity contribution in [2.75, 3.05) is 0 Å². The molecule has 0 aliphatic heterocycles. The van der Waals surface area contributed by atoms with E-state index in [2.05, 4.69) is 206 Å². The first-order chi connectivity index (χ1) is 31.3. The molecule has 0 amide bonds. The third kappa shape index (κ3) is 5.79. The Morgan fingerprint density at radius 1 is 0.381 bits per heavy atom. The highest BCUT2D eigenvalue weighted by Gasteiger charge is 2.33. The Bertz CT molecular complexity index is 3720. The molecule has 1 aliphatic rings. The van der Waals surface area contributed by atoms with Gasteiger partial charge in [-0.3, -0.25) is 0 Å². The van der Waals surface area contributed by atoms with Crippen LogP contribution >= 0.6 is 7.53 Å². The maximum atomic E-state index is 5.69. The van der Waals surface area contributed by atoms with Gasteiger partial charge in [0.05, 0.1) is 22.4 Å². The molecule has 1 aliphatic carbocycles. The smallest absolute Gasteiger partial charge is 0.0834 e. The highest BCUT2D eigenvalue weighted by molar-refractivity contribution is 7.63. The maximum Gasteiger partial charge on any atom is 0.0834 e. The molecule has 2 atom stereocenters. The Hall–Kier alpha value is -7.38. The van der Waals surface area contributed by atoms with Gasteiger partial charge in [-0.1, -0.05) is 202 Å².